The van der Waals surface area contributed by atoms with Crippen LogP contribution in [0.5, 0.6) is 0 Å². The highest BCUT2D eigenvalue weighted by Gasteiger charge is 2.15. The first kappa shape index (κ1) is 12.2. The summed E-state index contributed by atoms with van der Waals surface area (Å²) in [6, 6.07) is 12.8. The van der Waals surface area contributed by atoms with Gasteiger partial charge in [0.1, 0.15) is 17.2 Å². The molecule has 0 atom stereocenters. The van der Waals surface area contributed by atoms with Gasteiger partial charge in [-0.3, -0.25) is 4.40 Å². The minimum absolute atomic E-state index is 0.211. The van der Waals surface area contributed by atoms with Gasteiger partial charge in [-0.15, -0.1) is 0 Å². The maximum Gasteiger partial charge on any atom is 0.339 e. The first-order chi connectivity index (χ1) is 9.66. The first-order valence-electron chi connectivity index (χ1n) is 6.19. The largest absolute Gasteiger partial charge is 0.478 e. The molecule has 0 radical (unpaired) electrons. The monoisotopic (exact) mass is 267 g/mol. The molecule has 100 valence electrons. The van der Waals surface area contributed by atoms with Gasteiger partial charge in [-0.1, -0.05) is 18.2 Å². The molecule has 5 nitrogen and oxygen atoms in total. The van der Waals surface area contributed by atoms with Crippen molar-refractivity contribution in [2.24, 2.45) is 0 Å². The van der Waals surface area contributed by atoms with Gasteiger partial charge in [-0.05, 0) is 31.2 Å². The Labute approximate surface area is 115 Å². The highest BCUT2D eigenvalue weighted by molar-refractivity contribution is 5.95. The van der Waals surface area contributed by atoms with Gasteiger partial charge in [0.05, 0.1) is 11.7 Å². The van der Waals surface area contributed by atoms with Crippen molar-refractivity contribution < 1.29 is 9.90 Å². The highest BCUT2D eigenvalue weighted by atomic mass is 16.4. The van der Waals surface area contributed by atoms with Crippen molar-refractivity contribution in [3.8, 4) is 0 Å². The second-order valence-electron chi connectivity index (χ2n) is 4.46. The number of rotatable bonds is 3. The Bertz CT molecular complexity index is 778. The van der Waals surface area contributed by atoms with Crippen LogP contribution in [0.15, 0.2) is 48.7 Å². The number of fused-ring (bicyclic) bond motifs is 1. The molecule has 0 fully saturated rings. The molecule has 0 unspecified atom stereocenters. The van der Waals surface area contributed by atoms with Crippen molar-refractivity contribution in [3.63, 3.8) is 0 Å². The molecular formula is C15H13N3O2. The molecule has 3 aromatic rings. The zero-order chi connectivity index (χ0) is 14.1. The molecule has 2 heterocycles. The van der Waals surface area contributed by atoms with E-state index in [4.69, 9.17) is 0 Å². The lowest BCUT2D eigenvalue weighted by Gasteiger charge is -2.13. The van der Waals surface area contributed by atoms with Crippen molar-refractivity contribution >= 4 is 23.0 Å². The molecule has 1 aromatic carbocycles. The summed E-state index contributed by atoms with van der Waals surface area (Å²) < 4.78 is 1.80. The number of carboxylic acids is 1. The first-order valence-corrected chi connectivity index (χ1v) is 6.19. The summed E-state index contributed by atoms with van der Waals surface area (Å²) in [6.45, 7) is 1.84. The van der Waals surface area contributed by atoms with Crippen molar-refractivity contribution in [2.75, 3.05) is 5.32 Å². The number of carbonyl (C=O) groups is 1. The summed E-state index contributed by atoms with van der Waals surface area (Å²) in [5.74, 6) is 0.274. The number of carboxylic acid groups (broad SMARTS) is 1. The second kappa shape index (κ2) is 4.70. The number of nitrogens with one attached hydrogen (secondary N) is 1. The highest BCUT2D eigenvalue weighted by Crippen LogP contribution is 2.24. The summed E-state index contributed by atoms with van der Waals surface area (Å²) in [6.07, 6.45) is 1.72. The molecule has 0 aliphatic heterocycles. The molecular weight excluding hydrogens is 254 g/mol. The number of nitrogens with zero attached hydrogens (tertiary/aromatic N) is 2. The number of imidazole rings is 1. The summed E-state index contributed by atoms with van der Waals surface area (Å²) in [5.41, 5.74) is 1.89. The smallest absolute Gasteiger partial charge is 0.339 e. The third-order valence-electron chi connectivity index (χ3n) is 3.13. The quantitative estimate of drug-likeness (QED) is 0.765. The SMILES string of the molecule is Cc1ncc2ccc(C(=O)O)c(Nc3ccccc3)n12. The minimum Gasteiger partial charge on any atom is -0.478 e. The molecule has 0 spiro atoms. The third kappa shape index (κ3) is 1.99. The number of aromatic nitrogens is 2. The molecule has 2 aromatic heterocycles. The predicted octanol–water partition coefficient (Wildman–Crippen LogP) is 3.08. The van der Waals surface area contributed by atoms with Gasteiger partial charge < -0.3 is 10.4 Å². The maximum absolute atomic E-state index is 11.4. The van der Waals surface area contributed by atoms with Crippen LogP contribution in [0.1, 0.15) is 16.2 Å². The van der Waals surface area contributed by atoms with Crippen molar-refractivity contribution in [2.45, 2.75) is 6.92 Å². The number of anilines is 2. The van der Waals surface area contributed by atoms with E-state index in [2.05, 4.69) is 10.3 Å². The maximum atomic E-state index is 11.4. The van der Waals surface area contributed by atoms with Crippen LogP contribution in [0.3, 0.4) is 0 Å². The van der Waals surface area contributed by atoms with E-state index >= 15 is 0 Å². The summed E-state index contributed by atoms with van der Waals surface area (Å²) in [7, 11) is 0. The third-order valence-corrected chi connectivity index (χ3v) is 3.13. The van der Waals surface area contributed by atoms with E-state index in [1.165, 1.54) is 0 Å². The van der Waals surface area contributed by atoms with Crippen molar-refractivity contribution in [1.29, 1.82) is 0 Å². The Morgan fingerprint density at radius 3 is 2.65 bits per heavy atom. The molecule has 2 N–H and O–H groups in total. The Morgan fingerprint density at radius 1 is 1.20 bits per heavy atom. The van der Waals surface area contributed by atoms with E-state index in [0.29, 0.717) is 5.82 Å². The molecule has 5 heteroatoms. The molecule has 0 amide bonds. The molecule has 0 aliphatic rings. The summed E-state index contributed by atoms with van der Waals surface area (Å²) in [4.78, 5) is 15.6. The normalized spacial score (nSPS) is 10.7. The van der Waals surface area contributed by atoms with Gasteiger partial charge in [0.15, 0.2) is 0 Å². The number of aryl methyl sites for hydroxylation is 1. The number of para-hydroxylation sites is 1. The lowest BCUT2D eigenvalue weighted by Crippen LogP contribution is -2.08. The Kier molecular flexibility index (Phi) is 2.87. The summed E-state index contributed by atoms with van der Waals surface area (Å²) >= 11 is 0. The van der Waals surface area contributed by atoms with Gasteiger partial charge >= 0.3 is 5.97 Å². The van der Waals surface area contributed by atoms with Gasteiger partial charge in [0.2, 0.25) is 0 Å². The topological polar surface area (TPSA) is 66.6 Å². The zero-order valence-corrected chi connectivity index (χ0v) is 10.9. The van der Waals surface area contributed by atoms with Crippen LogP contribution < -0.4 is 5.32 Å². The van der Waals surface area contributed by atoms with Gasteiger partial charge in [-0.2, -0.15) is 0 Å². The van der Waals surface area contributed by atoms with Crippen LogP contribution in [-0.4, -0.2) is 20.5 Å². The molecule has 0 aliphatic carbocycles. The van der Waals surface area contributed by atoms with Crippen molar-refractivity contribution in [3.05, 3.63) is 60.0 Å². The van der Waals surface area contributed by atoms with Crippen molar-refractivity contribution in [1.82, 2.24) is 9.38 Å². The van der Waals surface area contributed by atoms with E-state index in [1.54, 1.807) is 22.7 Å². The number of aromatic carboxylic acids is 1. The van der Waals surface area contributed by atoms with E-state index in [-0.39, 0.29) is 5.56 Å². The van der Waals surface area contributed by atoms with Crippen LogP contribution >= 0.6 is 0 Å². The average molecular weight is 267 g/mol. The van der Waals surface area contributed by atoms with E-state index in [1.807, 2.05) is 37.3 Å². The van der Waals surface area contributed by atoms with E-state index in [0.717, 1.165) is 17.0 Å². The number of benzene rings is 1. The van der Waals surface area contributed by atoms with Gasteiger partial charge in [-0.25, -0.2) is 9.78 Å². The second-order valence-corrected chi connectivity index (χ2v) is 4.46. The van der Waals surface area contributed by atoms with Crippen LogP contribution in [0.2, 0.25) is 0 Å². The fraction of sp³-hybridized carbons (Fsp3) is 0.0667. The summed E-state index contributed by atoms with van der Waals surface area (Å²) in [5, 5.41) is 12.5. The fourth-order valence-corrected chi connectivity index (χ4v) is 2.19. The molecule has 20 heavy (non-hydrogen) atoms. The van der Waals surface area contributed by atoms with Crippen LogP contribution in [0, 0.1) is 6.92 Å². The van der Waals surface area contributed by atoms with E-state index in [9.17, 15) is 9.90 Å². The number of hydrogen-bond donors (Lipinski definition) is 2. The van der Waals surface area contributed by atoms with Gasteiger partial charge in [0.25, 0.3) is 0 Å². The van der Waals surface area contributed by atoms with Crippen LogP contribution in [0.4, 0.5) is 11.5 Å². The van der Waals surface area contributed by atoms with Crippen LogP contribution in [0.25, 0.3) is 5.52 Å². The number of pyridine rings is 1. The zero-order valence-electron chi connectivity index (χ0n) is 10.9. The minimum atomic E-state index is -0.974. The standard InChI is InChI=1S/C15H13N3O2/c1-10-16-9-12-7-8-13(15(19)20)14(18(10)12)17-11-5-3-2-4-6-11/h2-9,17H,1H3,(H,19,20). The Morgan fingerprint density at radius 2 is 1.95 bits per heavy atom. The Hall–Kier alpha value is -2.82. The lowest BCUT2D eigenvalue weighted by molar-refractivity contribution is 0.0697. The number of hydrogen-bond acceptors (Lipinski definition) is 3. The Balaban J connectivity index is 2.22. The average Bonchev–Trinajstić information content (AvgIpc) is 2.82. The van der Waals surface area contributed by atoms with Crippen LogP contribution in [-0.2, 0) is 0 Å². The van der Waals surface area contributed by atoms with Gasteiger partial charge in [0, 0.05) is 5.69 Å². The molecule has 3 rings (SSSR count). The predicted molar refractivity (Wildman–Crippen MR) is 76.6 cm³/mol. The lowest BCUT2D eigenvalue weighted by atomic mass is 10.2. The molecule has 0 saturated carbocycles. The fourth-order valence-electron chi connectivity index (χ4n) is 2.19. The molecule has 0 saturated heterocycles. The molecule has 0 bridgehead atoms. The van der Waals surface area contributed by atoms with E-state index < -0.39 is 5.97 Å².